The molecule has 0 aromatic carbocycles. The third-order valence-electron chi connectivity index (χ3n) is 6.13. The van der Waals surface area contributed by atoms with E-state index in [2.05, 4.69) is 20.8 Å². The van der Waals surface area contributed by atoms with E-state index in [1.54, 1.807) is 0 Å². The lowest BCUT2D eigenvalue weighted by molar-refractivity contribution is 0.132. The summed E-state index contributed by atoms with van der Waals surface area (Å²) in [6.07, 6.45) is 3.96. The number of hydrogen-bond donors (Lipinski definition) is 1. The van der Waals surface area contributed by atoms with Crippen molar-refractivity contribution in [2.24, 2.45) is 28.9 Å². The van der Waals surface area contributed by atoms with Crippen LogP contribution in [0.3, 0.4) is 0 Å². The first kappa shape index (κ1) is 19.0. The summed E-state index contributed by atoms with van der Waals surface area (Å²) >= 11 is 0. The van der Waals surface area contributed by atoms with E-state index in [1.165, 1.54) is 0 Å². The maximum absolute atomic E-state index is 13.0. The van der Waals surface area contributed by atoms with Gasteiger partial charge in [0, 0.05) is 0 Å². The molecule has 1 fully saturated rings. The number of nitrogens with two attached hydrogens (primary N) is 1. The van der Waals surface area contributed by atoms with E-state index in [0.29, 0.717) is 12.5 Å². The molecule has 0 bridgehead atoms. The van der Waals surface area contributed by atoms with Crippen LogP contribution in [-0.2, 0) is 9.84 Å². The van der Waals surface area contributed by atoms with Gasteiger partial charge in [-0.15, -0.1) is 0 Å². The first-order valence-electron chi connectivity index (χ1n) is 8.50. The molecule has 1 rings (SSSR count). The summed E-state index contributed by atoms with van der Waals surface area (Å²) in [6, 6.07) is 0. The fourth-order valence-electron chi connectivity index (χ4n) is 3.52. The molecular formula is C17H35NO2S. The highest BCUT2D eigenvalue weighted by Gasteiger charge is 2.44. The molecule has 0 amide bonds. The molecule has 4 heteroatoms. The standard InChI is InChI=1S/C17H35NO2S/c1-7-17(5,6)15-9-8-14(11-18)16(10-15)21(19,20)13(4)12(2)3/h12-16H,7-11,18H2,1-6H3. The molecule has 2 N–H and O–H groups in total. The Kier molecular flexibility index (Phi) is 6.31. The summed E-state index contributed by atoms with van der Waals surface area (Å²) in [5.41, 5.74) is 6.11. The van der Waals surface area contributed by atoms with Crippen LogP contribution in [0.4, 0.5) is 0 Å². The van der Waals surface area contributed by atoms with Crippen LogP contribution < -0.4 is 5.73 Å². The van der Waals surface area contributed by atoms with E-state index in [9.17, 15) is 8.42 Å². The van der Waals surface area contributed by atoms with Gasteiger partial charge in [-0.25, -0.2) is 8.42 Å². The van der Waals surface area contributed by atoms with Crippen molar-refractivity contribution in [1.82, 2.24) is 0 Å². The van der Waals surface area contributed by atoms with Crippen LogP contribution in [0.1, 0.15) is 67.2 Å². The minimum atomic E-state index is -3.10. The van der Waals surface area contributed by atoms with Crippen molar-refractivity contribution in [3.05, 3.63) is 0 Å². The molecule has 3 nitrogen and oxygen atoms in total. The SMILES string of the molecule is CCC(C)(C)C1CCC(CN)C(S(=O)(=O)C(C)C(C)C)C1. The van der Waals surface area contributed by atoms with Gasteiger partial charge in [0.2, 0.25) is 0 Å². The van der Waals surface area contributed by atoms with Crippen LogP contribution in [0.25, 0.3) is 0 Å². The highest BCUT2D eigenvalue weighted by Crippen LogP contribution is 2.44. The van der Waals surface area contributed by atoms with Crippen molar-refractivity contribution < 1.29 is 8.42 Å². The summed E-state index contributed by atoms with van der Waals surface area (Å²) < 4.78 is 26.0. The zero-order valence-corrected chi connectivity index (χ0v) is 15.5. The van der Waals surface area contributed by atoms with Crippen molar-refractivity contribution in [2.75, 3.05) is 6.54 Å². The second kappa shape index (κ2) is 6.99. The van der Waals surface area contributed by atoms with Crippen LogP contribution in [0.5, 0.6) is 0 Å². The van der Waals surface area contributed by atoms with Gasteiger partial charge in [-0.05, 0) is 55.9 Å². The van der Waals surface area contributed by atoms with Crippen molar-refractivity contribution in [1.29, 1.82) is 0 Å². The predicted molar refractivity (Wildman–Crippen MR) is 91.0 cm³/mol. The normalized spacial score (nSPS) is 29.6. The molecule has 1 saturated carbocycles. The molecule has 0 aromatic heterocycles. The first-order chi connectivity index (χ1) is 9.57. The fourth-order valence-corrected chi connectivity index (χ4v) is 6.11. The molecule has 4 unspecified atom stereocenters. The van der Waals surface area contributed by atoms with Crippen LogP contribution >= 0.6 is 0 Å². The number of sulfone groups is 1. The van der Waals surface area contributed by atoms with E-state index >= 15 is 0 Å². The Morgan fingerprint density at radius 1 is 1.19 bits per heavy atom. The molecule has 0 spiro atoms. The smallest absolute Gasteiger partial charge is 0.156 e. The van der Waals surface area contributed by atoms with Crippen molar-refractivity contribution in [3.8, 4) is 0 Å². The van der Waals surface area contributed by atoms with Crippen LogP contribution in [0, 0.1) is 23.2 Å². The average Bonchev–Trinajstić information content (AvgIpc) is 2.45. The highest BCUT2D eigenvalue weighted by molar-refractivity contribution is 7.92. The predicted octanol–water partition coefficient (Wildman–Crippen LogP) is 3.63. The summed E-state index contributed by atoms with van der Waals surface area (Å²) in [6.45, 7) is 13.1. The molecule has 1 aliphatic rings. The summed E-state index contributed by atoms with van der Waals surface area (Å²) in [5, 5.41) is -0.524. The number of rotatable bonds is 6. The molecule has 21 heavy (non-hydrogen) atoms. The molecule has 126 valence electrons. The Hall–Kier alpha value is -0.0900. The van der Waals surface area contributed by atoms with E-state index in [-0.39, 0.29) is 27.8 Å². The maximum atomic E-state index is 13.0. The summed E-state index contributed by atoms with van der Waals surface area (Å²) in [5.74, 6) is 0.789. The summed E-state index contributed by atoms with van der Waals surface area (Å²) in [7, 11) is -3.10. The van der Waals surface area contributed by atoms with Gasteiger partial charge in [0.25, 0.3) is 0 Å². The number of hydrogen-bond acceptors (Lipinski definition) is 3. The first-order valence-corrected chi connectivity index (χ1v) is 10.1. The van der Waals surface area contributed by atoms with Gasteiger partial charge in [-0.1, -0.05) is 41.0 Å². The van der Waals surface area contributed by atoms with Crippen LogP contribution in [-0.4, -0.2) is 25.5 Å². The second-order valence-electron chi connectivity index (χ2n) is 7.92. The van der Waals surface area contributed by atoms with E-state index in [4.69, 9.17) is 5.73 Å². The van der Waals surface area contributed by atoms with E-state index in [0.717, 1.165) is 25.7 Å². The Morgan fingerprint density at radius 2 is 1.76 bits per heavy atom. The minimum Gasteiger partial charge on any atom is -0.330 e. The quantitative estimate of drug-likeness (QED) is 0.814. The van der Waals surface area contributed by atoms with Gasteiger partial charge >= 0.3 is 0 Å². The lowest BCUT2D eigenvalue weighted by atomic mass is 9.67. The molecule has 0 saturated heterocycles. The maximum Gasteiger partial charge on any atom is 0.156 e. The lowest BCUT2D eigenvalue weighted by Crippen LogP contribution is -2.46. The zero-order valence-electron chi connectivity index (χ0n) is 14.7. The average molecular weight is 318 g/mol. The molecular weight excluding hydrogens is 282 g/mol. The van der Waals surface area contributed by atoms with Gasteiger partial charge in [0.05, 0.1) is 10.5 Å². The van der Waals surface area contributed by atoms with Crippen LogP contribution in [0.15, 0.2) is 0 Å². The summed E-state index contributed by atoms with van der Waals surface area (Å²) in [4.78, 5) is 0. The molecule has 0 aliphatic heterocycles. The highest BCUT2D eigenvalue weighted by atomic mass is 32.2. The molecule has 4 atom stereocenters. The van der Waals surface area contributed by atoms with Gasteiger partial charge in [0.1, 0.15) is 0 Å². The minimum absolute atomic E-state index is 0.139. The largest absolute Gasteiger partial charge is 0.330 e. The fraction of sp³-hybridized carbons (Fsp3) is 1.00. The molecule has 0 heterocycles. The molecule has 0 aromatic rings. The van der Waals surface area contributed by atoms with Crippen LogP contribution in [0.2, 0.25) is 0 Å². The van der Waals surface area contributed by atoms with E-state index < -0.39 is 9.84 Å². The third-order valence-corrected chi connectivity index (χ3v) is 9.13. The molecule has 0 radical (unpaired) electrons. The van der Waals surface area contributed by atoms with Gasteiger partial charge < -0.3 is 5.73 Å². The second-order valence-corrected chi connectivity index (χ2v) is 10.5. The Balaban J connectivity index is 3.05. The van der Waals surface area contributed by atoms with Crippen molar-refractivity contribution in [3.63, 3.8) is 0 Å². The topological polar surface area (TPSA) is 60.2 Å². The Labute approximate surface area is 132 Å². The molecule has 1 aliphatic carbocycles. The zero-order chi connectivity index (χ0) is 16.4. The van der Waals surface area contributed by atoms with E-state index in [1.807, 2.05) is 20.8 Å². The Morgan fingerprint density at radius 3 is 2.19 bits per heavy atom. The van der Waals surface area contributed by atoms with Gasteiger partial charge in [-0.2, -0.15) is 0 Å². The Bertz CT molecular complexity index is 428. The van der Waals surface area contributed by atoms with Gasteiger partial charge in [0.15, 0.2) is 9.84 Å². The lowest BCUT2D eigenvalue weighted by Gasteiger charge is -2.43. The third kappa shape index (κ3) is 4.01. The van der Waals surface area contributed by atoms with Crippen molar-refractivity contribution in [2.45, 2.75) is 77.7 Å². The van der Waals surface area contributed by atoms with Gasteiger partial charge in [-0.3, -0.25) is 0 Å². The monoisotopic (exact) mass is 317 g/mol. The van der Waals surface area contributed by atoms with Crippen molar-refractivity contribution >= 4 is 9.84 Å².